The molecule has 0 spiro atoms. The lowest BCUT2D eigenvalue weighted by Crippen LogP contribution is -2.15. The average Bonchev–Trinajstić information content (AvgIpc) is 2.76. The van der Waals surface area contributed by atoms with Gasteiger partial charge in [-0.05, 0) is 47.7 Å². The third-order valence-corrected chi connectivity index (χ3v) is 5.79. The minimum Gasteiger partial charge on any atom is -0.508 e. The summed E-state index contributed by atoms with van der Waals surface area (Å²) < 4.78 is 5.82. The largest absolute Gasteiger partial charge is 0.508 e. The lowest BCUT2D eigenvalue weighted by molar-refractivity contribution is -0.113. The predicted molar refractivity (Wildman–Crippen MR) is 125 cm³/mol. The second-order valence-electron chi connectivity index (χ2n) is 7.07. The SMILES string of the molecule is CCSCC(=O)Nc1ccc(-c2c3ccc(=O)cc-3oc3cc(O)ccc23)c(C(=O)O)c1. The molecule has 8 heteroatoms. The van der Waals surface area contributed by atoms with E-state index in [0.717, 1.165) is 5.75 Å². The molecule has 3 N–H and O–H groups in total. The van der Waals surface area contributed by atoms with E-state index in [0.29, 0.717) is 33.3 Å². The molecule has 1 aliphatic heterocycles. The van der Waals surface area contributed by atoms with Crippen LogP contribution in [0.1, 0.15) is 17.3 Å². The van der Waals surface area contributed by atoms with Gasteiger partial charge in [0.05, 0.1) is 11.3 Å². The number of nitrogens with one attached hydrogen (secondary N) is 1. The Kier molecular flexibility index (Phi) is 5.87. The van der Waals surface area contributed by atoms with Crippen LogP contribution in [0.4, 0.5) is 5.69 Å². The number of fused-ring (bicyclic) bond motifs is 2. The first kappa shape index (κ1) is 21.5. The zero-order valence-electron chi connectivity index (χ0n) is 17.0. The topological polar surface area (TPSA) is 117 Å². The summed E-state index contributed by atoms with van der Waals surface area (Å²) >= 11 is 1.47. The molecule has 162 valence electrons. The summed E-state index contributed by atoms with van der Waals surface area (Å²) in [6.45, 7) is 1.95. The van der Waals surface area contributed by atoms with E-state index >= 15 is 0 Å². The van der Waals surface area contributed by atoms with Crippen molar-refractivity contribution in [2.24, 2.45) is 0 Å². The van der Waals surface area contributed by atoms with E-state index in [1.54, 1.807) is 24.3 Å². The Morgan fingerprint density at radius 3 is 2.56 bits per heavy atom. The number of hydrogen-bond donors (Lipinski definition) is 3. The zero-order valence-corrected chi connectivity index (χ0v) is 17.9. The van der Waals surface area contributed by atoms with Gasteiger partial charge in [-0.2, -0.15) is 11.8 Å². The van der Waals surface area contributed by atoms with Crippen LogP contribution in [0.3, 0.4) is 0 Å². The number of carboxylic acid groups (broad SMARTS) is 1. The number of phenols is 1. The van der Waals surface area contributed by atoms with E-state index in [9.17, 15) is 24.6 Å². The van der Waals surface area contributed by atoms with Crippen LogP contribution in [-0.2, 0) is 4.79 Å². The molecular weight excluding hydrogens is 430 g/mol. The molecule has 0 atom stereocenters. The molecule has 2 aromatic rings. The van der Waals surface area contributed by atoms with E-state index in [1.807, 2.05) is 6.92 Å². The number of aromatic hydroxyl groups is 1. The number of anilines is 1. The van der Waals surface area contributed by atoms with Gasteiger partial charge >= 0.3 is 5.97 Å². The monoisotopic (exact) mass is 449 g/mol. The molecule has 0 saturated heterocycles. The van der Waals surface area contributed by atoms with E-state index in [1.165, 1.54) is 42.1 Å². The number of carboxylic acids is 1. The number of amides is 1. The summed E-state index contributed by atoms with van der Waals surface area (Å²) in [5, 5.41) is 23.1. The Bertz CT molecular complexity index is 1380. The van der Waals surface area contributed by atoms with Crippen LogP contribution in [0.2, 0.25) is 0 Å². The second-order valence-corrected chi connectivity index (χ2v) is 8.34. The van der Waals surface area contributed by atoms with Gasteiger partial charge in [0.1, 0.15) is 17.1 Å². The molecule has 7 nitrogen and oxygen atoms in total. The van der Waals surface area contributed by atoms with Crippen molar-refractivity contribution in [3.8, 4) is 28.2 Å². The average molecular weight is 449 g/mol. The van der Waals surface area contributed by atoms with E-state index in [2.05, 4.69) is 5.32 Å². The fourth-order valence-electron chi connectivity index (χ4n) is 3.56. The van der Waals surface area contributed by atoms with Crippen LogP contribution < -0.4 is 10.7 Å². The van der Waals surface area contributed by atoms with Crippen LogP contribution in [0.5, 0.6) is 5.75 Å². The quantitative estimate of drug-likeness (QED) is 0.367. The van der Waals surface area contributed by atoms with Crippen LogP contribution in [-0.4, -0.2) is 33.6 Å². The Hall–Kier alpha value is -3.78. The Labute approximate surface area is 187 Å². The Balaban J connectivity index is 1.94. The number of thioether (sulfide) groups is 1. The van der Waals surface area contributed by atoms with Crippen LogP contribution in [0.25, 0.3) is 33.4 Å². The molecule has 1 heterocycles. The van der Waals surface area contributed by atoms with Gasteiger partial charge in [0.25, 0.3) is 0 Å². The highest BCUT2D eigenvalue weighted by Crippen LogP contribution is 2.42. The normalized spacial score (nSPS) is 11.0. The molecule has 0 saturated carbocycles. The zero-order chi connectivity index (χ0) is 22.8. The van der Waals surface area contributed by atoms with Crippen molar-refractivity contribution in [3.05, 3.63) is 70.4 Å². The van der Waals surface area contributed by atoms with Gasteiger partial charge in [0, 0.05) is 34.3 Å². The first-order valence-electron chi connectivity index (χ1n) is 9.82. The molecule has 1 amide bonds. The van der Waals surface area contributed by atoms with E-state index < -0.39 is 5.97 Å². The molecule has 2 aliphatic rings. The molecule has 0 unspecified atom stereocenters. The lowest BCUT2D eigenvalue weighted by Gasteiger charge is -2.17. The van der Waals surface area contributed by atoms with E-state index in [4.69, 9.17) is 4.42 Å². The molecule has 0 aromatic heterocycles. The summed E-state index contributed by atoms with van der Waals surface area (Å²) in [6.07, 6.45) is 0. The highest BCUT2D eigenvalue weighted by Gasteiger charge is 2.22. The summed E-state index contributed by atoms with van der Waals surface area (Å²) in [5.41, 5.74) is 1.92. The maximum atomic E-state index is 12.2. The van der Waals surface area contributed by atoms with Crippen molar-refractivity contribution in [2.45, 2.75) is 6.92 Å². The molecular formula is C24H19NO6S. The number of phenolic OH excluding ortho intramolecular Hbond substituents is 1. The fraction of sp³-hybridized carbons (Fsp3) is 0.125. The van der Waals surface area contributed by atoms with Crippen molar-refractivity contribution >= 4 is 40.3 Å². The molecule has 1 aliphatic carbocycles. The van der Waals surface area contributed by atoms with Crippen molar-refractivity contribution in [1.29, 1.82) is 0 Å². The number of aromatic carboxylic acids is 1. The standard InChI is InChI=1S/C24H19NO6S/c1-2-32-12-22(28)25-13-3-6-16(19(9-13)24(29)30)23-17-7-4-14(26)10-20(17)31-21-11-15(27)5-8-18(21)23/h3-11,26H,2,12H2,1H3,(H,25,28)(H,29,30). The van der Waals surface area contributed by atoms with Gasteiger partial charge < -0.3 is 19.9 Å². The van der Waals surface area contributed by atoms with Crippen LogP contribution in [0, 0.1) is 0 Å². The summed E-state index contributed by atoms with van der Waals surface area (Å²) in [4.78, 5) is 36.1. The predicted octanol–water partition coefficient (Wildman–Crippen LogP) is 4.66. The first-order valence-corrected chi connectivity index (χ1v) is 11.0. The third kappa shape index (κ3) is 4.17. The number of hydrogen-bond acceptors (Lipinski definition) is 6. The number of benzene rings is 3. The lowest BCUT2D eigenvalue weighted by atomic mass is 9.90. The van der Waals surface area contributed by atoms with Crippen molar-refractivity contribution in [3.63, 3.8) is 0 Å². The van der Waals surface area contributed by atoms with Crippen molar-refractivity contribution in [2.75, 3.05) is 16.8 Å². The molecule has 0 bridgehead atoms. The maximum absolute atomic E-state index is 12.2. The van der Waals surface area contributed by atoms with Crippen LogP contribution in [0.15, 0.2) is 63.8 Å². The smallest absolute Gasteiger partial charge is 0.336 e. The summed E-state index contributed by atoms with van der Waals surface area (Å²) in [5.74, 6) is -0.0552. The van der Waals surface area contributed by atoms with Gasteiger partial charge in [0.15, 0.2) is 5.43 Å². The molecule has 2 aromatic carbocycles. The molecule has 4 rings (SSSR count). The summed E-state index contributed by atoms with van der Waals surface area (Å²) in [7, 11) is 0. The molecule has 32 heavy (non-hydrogen) atoms. The van der Waals surface area contributed by atoms with Crippen molar-refractivity contribution < 1.29 is 24.2 Å². The second kappa shape index (κ2) is 8.76. The highest BCUT2D eigenvalue weighted by molar-refractivity contribution is 7.99. The minimum absolute atomic E-state index is 0.0148. The fourth-order valence-corrected chi connectivity index (χ4v) is 4.02. The molecule has 0 radical (unpaired) electrons. The number of carbonyl (C=O) groups is 2. The van der Waals surface area contributed by atoms with Gasteiger partial charge in [0.2, 0.25) is 5.91 Å². The van der Waals surface area contributed by atoms with Gasteiger partial charge in [-0.15, -0.1) is 0 Å². The van der Waals surface area contributed by atoms with Gasteiger partial charge in [-0.3, -0.25) is 9.59 Å². The third-order valence-electron chi connectivity index (χ3n) is 4.92. The first-order chi connectivity index (χ1) is 15.4. The Morgan fingerprint density at radius 2 is 1.81 bits per heavy atom. The Morgan fingerprint density at radius 1 is 1.03 bits per heavy atom. The maximum Gasteiger partial charge on any atom is 0.336 e. The minimum atomic E-state index is -1.17. The molecule has 0 fully saturated rings. The van der Waals surface area contributed by atoms with E-state index in [-0.39, 0.29) is 34.2 Å². The number of rotatable bonds is 6. The van der Waals surface area contributed by atoms with Crippen molar-refractivity contribution in [1.82, 2.24) is 0 Å². The summed E-state index contributed by atoms with van der Waals surface area (Å²) in [6, 6.07) is 13.5. The number of carbonyl (C=O) groups excluding carboxylic acids is 1. The van der Waals surface area contributed by atoms with Gasteiger partial charge in [-0.25, -0.2) is 4.79 Å². The van der Waals surface area contributed by atoms with Crippen LogP contribution >= 0.6 is 11.8 Å². The highest BCUT2D eigenvalue weighted by atomic mass is 32.2. The van der Waals surface area contributed by atoms with Gasteiger partial charge in [-0.1, -0.05) is 13.0 Å².